The lowest BCUT2D eigenvalue weighted by atomic mass is 10.1. The van der Waals surface area contributed by atoms with Crippen LogP contribution < -0.4 is 9.62 Å². The van der Waals surface area contributed by atoms with Crippen LogP contribution in [0.4, 0.5) is 11.4 Å². The third kappa shape index (κ3) is 5.21. The summed E-state index contributed by atoms with van der Waals surface area (Å²) in [6.07, 6.45) is 0.466. The maximum absolute atomic E-state index is 13.3. The summed E-state index contributed by atoms with van der Waals surface area (Å²) in [4.78, 5) is 16.0. The van der Waals surface area contributed by atoms with Crippen molar-refractivity contribution in [1.82, 2.24) is 4.90 Å². The van der Waals surface area contributed by atoms with E-state index in [0.717, 1.165) is 18.7 Å². The van der Waals surface area contributed by atoms with Gasteiger partial charge in [-0.05, 0) is 50.1 Å². The molecule has 0 saturated carbocycles. The third-order valence-electron chi connectivity index (χ3n) is 5.61. The molecule has 9 heteroatoms. The number of nitriles is 1. The Kier molecular flexibility index (Phi) is 7.06. The number of nitrogens with zero attached hydrogens (tertiary/aromatic N) is 3. The Hall–Kier alpha value is -3.09. The van der Waals surface area contributed by atoms with E-state index in [1.807, 2.05) is 24.0 Å². The number of nitrogens with one attached hydrogen (secondary N) is 1. The molecule has 1 heterocycles. The van der Waals surface area contributed by atoms with Gasteiger partial charge in [-0.3, -0.25) is 9.62 Å². The summed E-state index contributed by atoms with van der Waals surface area (Å²) >= 11 is 0. The topological polar surface area (TPSA) is 114 Å². The summed E-state index contributed by atoms with van der Waals surface area (Å²) < 4.78 is 29.3. The molecule has 3 rings (SSSR count). The second-order valence-electron chi connectivity index (χ2n) is 8.11. The first-order valence-electron chi connectivity index (χ1n) is 10.4. The Morgan fingerprint density at radius 3 is 2.28 bits per heavy atom. The minimum atomic E-state index is -3.93. The van der Waals surface area contributed by atoms with Crippen molar-refractivity contribution in [1.29, 1.82) is 5.26 Å². The molecule has 0 unspecified atom stereocenters. The maximum Gasteiger partial charge on any atom is 0.335 e. The summed E-state index contributed by atoms with van der Waals surface area (Å²) in [7, 11) is -3.93. The van der Waals surface area contributed by atoms with E-state index in [1.165, 1.54) is 12.1 Å². The van der Waals surface area contributed by atoms with Crippen LogP contribution in [0.5, 0.6) is 0 Å². The maximum atomic E-state index is 13.3. The fraction of sp³-hybridized carbons (Fsp3) is 0.391. The van der Waals surface area contributed by atoms with E-state index in [-0.39, 0.29) is 16.1 Å². The Morgan fingerprint density at radius 2 is 1.72 bits per heavy atom. The Morgan fingerprint density at radius 1 is 1.09 bits per heavy atom. The number of carbonyl (C=O) groups is 1. The largest absolute Gasteiger partial charge is 0.478 e. The normalized spacial score (nSPS) is 14.8. The predicted octanol–water partition coefficient (Wildman–Crippen LogP) is 3.15. The Labute approximate surface area is 189 Å². The van der Waals surface area contributed by atoms with Crippen LogP contribution in [0.25, 0.3) is 0 Å². The van der Waals surface area contributed by atoms with Crippen molar-refractivity contribution in [2.24, 2.45) is 0 Å². The first-order chi connectivity index (χ1) is 15.1. The van der Waals surface area contributed by atoms with Crippen LogP contribution >= 0.6 is 0 Å². The molecule has 1 aliphatic heterocycles. The van der Waals surface area contributed by atoms with E-state index in [0.29, 0.717) is 42.9 Å². The van der Waals surface area contributed by atoms with Crippen molar-refractivity contribution >= 4 is 27.4 Å². The summed E-state index contributed by atoms with van der Waals surface area (Å²) in [5.74, 6) is -1.12. The highest BCUT2D eigenvalue weighted by molar-refractivity contribution is 7.92. The van der Waals surface area contributed by atoms with E-state index in [2.05, 4.69) is 15.7 Å². The van der Waals surface area contributed by atoms with Gasteiger partial charge in [0.25, 0.3) is 10.0 Å². The van der Waals surface area contributed by atoms with E-state index in [4.69, 9.17) is 5.26 Å². The van der Waals surface area contributed by atoms with Gasteiger partial charge in [-0.25, -0.2) is 13.2 Å². The second-order valence-corrected chi connectivity index (χ2v) is 9.73. The standard InChI is InChI=1S/C23H28N4O4S/c1-16-13-17(2)22(18(3)14-16)32(30,31)25-20-15-19(23(28)29)5-6-21(20)27-11-9-26(10-12-27)8-4-7-24/h5-6,13-15,25H,4,8-12H2,1-3H3,(H,28,29). The van der Waals surface area contributed by atoms with Crippen LogP contribution in [-0.2, 0) is 10.0 Å². The lowest BCUT2D eigenvalue weighted by molar-refractivity contribution is 0.0697. The second kappa shape index (κ2) is 9.59. The number of aromatic carboxylic acids is 1. The monoisotopic (exact) mass is 456 g/mol. The van der Waals surface area contributed by atoms with Crippen LogP contribution in [0, 0.1) is 32.1 Å². The van der Waals surface area contributed by atoms with Crippen molar-refractivity contribution in [3.63, 3.8) is 0 Å². The average molecular weight is 457 g/mol. The van der Waals surface area contributed by atoms with Gasteiger partial charge in [0.05, 0.1) is 27.9 Å². The van der Waals surface area contributed by atoms with Gasteiger partial charge < -0.3 is 10.0 Å². The molecular formula is C23H28N4O4S. The van der Waals surface area contributed by atoms with Crippen LogP contribution in [0.15, 0.2) is 35.2 Å². The fourth-order valence-corrected chi connectivity index (χ4v) is 5.75. The van der Waals surface area contributed by atoms with Gasteiger partial charge in [-0.15, -0.1) is 0 Å². The number of rotatable bonds is 7. The van der Waals surface area contributed by atoms with Gasteiger partial charge in [0.15, 0.2) is 0 Å². The minimum absolute atomic E-state index is 0.0106. The van der Waals surface area contributed by atoms with Gasteiger partial charge in [0, 0.05) is 39.1 Å². The van der Waals surface area contributed by atoms with Crippen molar-refractivity contribution in [3.8, 4) is 6.07 Å². The van der Waals surface area contributed by atoms with E-state index in [9.17, 15) is 18.3 Å². The number of hydrogen-bond acceptors (Lipinski definition) is 6. The minimum Gasteiger partial charge on any atom is -0.478 e. The number of aryl methyl sites for hydroxylation is 3. The zero-order chi connectivity index (χ0) is 23.5. The molecule has 2 N–H and O–H groups in total. The number of carboxylic acid groups (broad SMARTS) is 1. The Balaban J connectivity index is 1.94. The predicted molar refractivity (Wildman–Crippen MR) is 124 cm³/mol. The van der Waals surface area contributed by atoms with Crippen molar-refractivity contribution in [3.05, 3.63) is 52.6 Å². The molecule has 170 valence electrons. The molecule has 8 nitrogen and oxygen atoms in total. The number of benzene rings is 2. The van der Waals surface area contributed by atoms with E-state index >= 15 is 0 Å². The lowest BCUT2D eigenvalue weighted by Gasteiger charge is -2.36. The summed E-state index contributed by atoms with van der Waals surface area (Å²) in [6.45, 7) is 8.90. The molecule has 2 aromatic rings. The molecule has 0 aliphatic carbocycles. The van der Waals surface area contributed by atoms with E-state index in [1.54, 1.807) is 19.9 Å². The summed E-state index contributed by atoms with van der Waals surface area (Å²) in [5.41, 5.74) is 3.14. The molecule has 1 saturated heterocycles. The molecule has 0 radical (unpaired) electrons. The zero-order valence-corrected chi connectivity index (χ0v) is 19.4. The van der Waals surface area contributed by atoms with Gasteiger partial charge in [0.1, 0.15) is 0 Å². The number of hydrogen-bond donors (Lipinski definition) is 2. The number of piperazine rings is 1. The highest BCUT2D eigenvalue weighted by Gasteiger charge is 2.25. The van der Waals surface area contributed by atoms with Gasteiger partial charge >= 0.3 is 5.97 Å². The SMILES string of the molecule is Cc1cc(C)c(S(=O)(=O)Nc2cc(C(=O)O)ccc2N2CCN(CCC#N)CC2)c(C)c1. The first-order valence-corrected chi connectivity index (χ1v) is 11.9. The molecule has 32 heavy (non-hydrogen) atoms. The Bertz CT molecular complexity index is 1140. The molecule has 1 fully saturated rings. The zero-order valence-electron chi connectivity index (χ0n) is 18.6. The van der Waals surface area contributed by atoms with Gasteiger partial charge in [-0.2, -0.15) is 5.26 Å². The van der Waals surface area contributed by atoms with Crippen LogP contribution in [-0.4, -0.2) is 57.1 Å². The van der Waals surface area contributed by atoms with Crippen molar-refractivity contribution < 1.29 is 18.3 Å². The molecule has 0 atom stereocenters. The molecule has 0 aromatic heterocycles. The molecular weight excluding hydrogens is 428 g/mol. The first kappa shape index (κ1) is 23.6. The summed E-state index contributed by atoms with van der Waals surface area (Å²) in [6, 6.07) is 10.3. The van der Waals surface area contributed by atoms with E-state index < -0.39 is 16.0 Å². The summed E-state index contributed by atoms with van der Waals surface area (Å²) in [5, 5.41) is 18.2. The average Bonchev–Trinajstić information content (AvgIpc) is 2.71. The molecule has 1 aliphatic rings. The van der Waals surface area contributed by atoms with Crippen LogP contribution in [0.1, 0.15) is 33.5 Å². The third-order valence-corrected chi connectivity index (χ3v) is 7.28. The van der Waals surface area contributed by atoms with Crippen molar-refractivity contribution in [2.75, 3.05) is 42.3 Å². The highest BCUT2D eigenvalue weighted by atomic mass is 32.2. The molecule has 0 bridgehead atoms. The number of sulfonamides is 1. The van der Waals surface area contributed by atoms with Gasteiger partial charge in [-0.1, -0.05) is 17.7 Å². The molecule has 0 amide bonds. The number of anilines is 2. The smallest absolute Gasteiger partial charge is 0.335 e. The molecule has 2 aromatic carbocycles. The quantitative estimate of drug-likeness (QED) is 0.658. The number of carboxylic acids is 1. The van der Waals surface area contributed by atoms with Crippen LogP contribution in [0.2, 0.25) is 0 Å². The van der Waals surface area contributed by atoms with Gasteiger partial charge in [0.2, 0.25) is 0 Å². The van der Waals surface area contributed by atoms with Crippen LogP contribution in [0.3, 0.4) is 0 Å². The van der Waals surface area contributed by atoms with Crippen molar-refractivity contribution in [2.45, 2.75) is 32.1 Å². The molecule has 0 spiro atoms. The lowest BCUT2D eigenvalue weighted by Crippen LogP contribution is -2.46. The fourth-order valence-electron chi connectivity index (χ4n) is 4.23. The highest BCUT2D eigenvalue weighted by Crippen LogP contribution is 2.32.